The Morgan fingerprint density at radius 1 is 1.37 bits per heavy atom. The van der Waals surface area contributed by atoms with E-state index in [1.165, 1.54) is 7.11 Å². The Morgan fingerprint density at radius 2 is 2.05 bits per heavy atom. The molecular weight excluding hydrogens is 264 g/mol. The fraction of sp³-hybridized carbons (Fsp3) is 0.0769. The molecule has 1 heterocycles. The van der Waals surface area contributed by atoms with Crippen molar-refractivity contribution in [3.8, 4) is 16.9 Å². The van der Waals surface area contributed by atoms with E-state index in [1.807, 2.05) is 12.1 Å². The Morgan fingerprint density at radius 3 is 2.63 bits per heavy atom. The van der Waals surface area contributed by atoms with E-state index in [0.717, 1.165) is 11.3 Å². The highest BCUT2D eigenvalue weighted by Crippen LogP contribution is 2.39. The number of nitrogens with zero attached hydrogens (tertiary/aromatic N) is 1. The molecule has 19 heavy (non-hydrogen) atoms. The van der Waals surface area contributed by atoms with Crippen molar-refractivity contribution in [1.29, 1.82) is 5.26 Å². The fourth-order valence-corrected chi connectivity index (χ4v) is 2.40. The van der Waals surface area contributed by atoms with Gasteiger partial charge in [0.15, 0.2) is 0 Å². The van der Waals surface area contributed by atoms with E-state index in [0.29, 0.717) is 5.75 Å². The molecule has 0 saturated carbocycles. The second kappa shape index (κ2) is 5.42. The summed E-state index contributed by atoms with van der Waals surface area (Å²) in [7, 11) is 1.26. The van der Waals surface area contributed by atoms with Crippen LogP contribution in [0.1, 0.15) is 15.2 Å². The number of rotatable bonds is 3. The minimum atomic E-state index is -0.582. The fourth-order valence-electron chi connectivity index (χ4n) is 1.44. The van der Waals surface area contributed by atoms with Gasteiger partial charge in [-0.05, 0) is 12.1 Å². The summed E-state index contributed by atoms with van der Waals surface area (Å²) in [6.45, 7) is 0. The maximum Gasteiger partial charge on any atom is 0.350 e. The number of hydrogen-bond donors (Lipinski definition) is 1. The standard InChI is InChI=1S/C13H10N2O3S/c1-17-12(16)11-10(15)9(7-14)13(19-11)18-8-5-3-2-4-6-8/h2-6H,15H2,1H3. The van der Waals surface area contributed by atoms with Crippen molar-refractivity contribution in [2.45, 2.75) is 0 Å². The van der Waals surface area contributed by atoms with Gasteiger partial charge in [0.2, 0.25) is 5.06 Å². The third-order valence-corrected chi connectivity index (χ3v) is 3.41. The molecule has 2 rings (SSSR count). The first-order valence-electron chi connectivity index (χ1n) is 5.31. The lowest BCUT2D eigenvalue weighted by molar-refractivity contribution is 0.0607. The largest absolute Gasteiger partial charge is 0.465 e. The number of thiophene rings is 1. The first-order chi connectivity index (χ1) is 9.17. The van der Waals surface area contributed by atoms with E-state index >= 15 is 0 Å². The molecule has 2 N–H and O–H groups in total. The van der Waals surface area contributed by atoms with Crippen molar-refractivity contribution >= 4 is 23.0 Å². The Kier molecular flexibility index (Phi) is 3.68. The van der Waals surface area contributed by atoms with Crippen LogP contribution in [-0.4, -0.2) is 13.1 Å². The maximum absolute atomic E-state index is 11.5. The number of methoxy groups -OCH3 is 1. The monoisotopic (exact) mass is 274 g/mol. The summed E-state index contributed by atoms with van der Waals surface area (Å²) in [6, 6.07) is 10.9. The average molecular weight is 274 g/mol. The van der Waals surface area contributed by atoms with Gasteiger partial charge in [-0.1, -0.05) is 29.5 Å². The molecule has 6 heteroatoms. The number of nitrogens with two attached hydrogens (primary N) is 1. The molecule has 2 aromatic rings. The highest BCUT2D eigenvalue weighted by Gasteiger charge is 2.23. The molecule has 0 saturated heterocycles. The average Bonchev–Trinajstić information content (AvgIpc) is 2.75. The van der Waals surface area contributed by atoms with Crippen molar-refractivity contribution in [2.24, 2.45) is 0 Å². The van der Waals surface area contributed by atoms with Gasteiger partial charge in [-0.2, -0.15) is 5.26 Å². The third-order valence-electron chi connectivity index (χ3n) is 2.35. The highest BCUT2D eigenvalue weighted by molar-refractivity contribution is 7.16. The SMILES string of the molecule is COC(=O)c1sc(Oc2ccccc2)c(C#N)c1N. The number of hydrogen-bond acceptors (Lipinski definition) is 6. The van der Waals surface area contributed by atoms with Crippen molar-refractivity contribution in [3.63, 3.8) is 0 Å². The second-order valence-corrected chi connectivity index (χ2v) is 4.51. The minimum Gasteiger partial charge on any atom is -0.465 e. The van der Waals surface area contributed by atoms with E-state index in [1.54, 1.807) is 24.3 Å². The van der Waals surface area contributed by atoms with Gasteiger partial charge in [0.05, 0.1) is 12.8 Å². The molecule has 0 atom stereocenters. The van der Waals surface area contributed by atoms with Crippen LogP contribution < -0.4 is 10.5 Å². The summed E-state index contributed by atoms with van der Waals surface area (Å²) < 4.78 is 10.2. The number of nitrogen functional groups attached to an aromatic ring is 1. The number of nitriles is 1. The molecule has 1 aromatic carbocycles. The molecule has 0 aliphatic heterocycles. The molecule has 0 bridgehead atoms. The normalized spacial score (nSPS) is 9.68. The second-order valence-electron chi connectivity index (χ2n) is 3.53. The summed E-state index contributed by atoms with van der Waals surface area (Å²) in [5.74, 6) is -0.0152. The molecule has 0 aliphatic carbocycles. The van der Waals surface area contributed by atoms with Crippen LogP contribution in [0.4, 0.5) is 5.69 Å². The van der Waals surface area contributed by atoms with Gasteiger partial charge in [0.25, 0.3) is 0 Å². The third kappa shape index (κ3) is 2.51. The quantitative estimate of drug-likeness (QED) is 0.870. The van der Waals surface area contributed by atoms with Gasteiger partial charge in [0, 0.05) is 0 Å². The van der Waals surface area contributed by atoms with E-state index in [2.05, 4.69) is 4.74 Å². The van der Waals surface area contributed by atoms with E-state index in [-0.39, 0.29) is 21.2 Å². The smallest absolute Gasteiger partial charge is 0.350 e. The predicted octanol–water partition coefficient (Wildman–Crippen LogP) is 2.78. The topological polar surface area (TPSA) is 85.3 Å². The van der Waals surface area contributed by atoms with Gasteiger partial charge in [-0.15, -0.1) is 0 Å². The summed E-state index contributed by atoms with van der Waals surface area (Å²) in [5, 5.41) is 9.37. The van der Waals surface area contributed by atoms with Crippen LogP contribution in [0.15, 0.2) is 30.3 Å². The van der Waals surface area contributed by atoms with E-state index in [4.69, 9.17) is 15.7 Å². The Labute approximate surface area is 113 Å². The lowest BCUT2D eigenvalue weighted by Gasteiger charge is -2.02. The van der Waals surface area contributed by atoms with Crippen LogP contribution in [0, 0.1) is 11.3 Å². The number of para-hydroxylation sites is 1. The Balaban J connectivity index is 2.41. The van der Waals surface area contributed by atoms with Gasteiger partial charge < -0.3 is 15.2 Å². The van der Waals surface area contributed by atoms with Gasteiger partial charge >= 0.3 is 5.97 Å². The van der Waals surface area contributed by atoms with Gasteiger partial charge in [0.1, 0.15) is 22.3 Å². The number of carbonyl (C=O) groups is 1. The number of benzene rings is 1. The van der Waals surface area contributed by atoms with Gasteiger partial charge in [-0.25, -0.2) is 4.79 Å². The van der Waals surface area contributed by atoms with Crippen LogP contribution in [0.25, 0.3) is 0 Å². The van der Waals surface area contributed by atoms with Crippen LogP contribution in [-0.2, 0) is 4.74 Å². The maximum atomic E-state index is 11.5. The summed E-state index contributed by atoms with van der Waals surface area (Å²) in [4.78, 5) is 11.7. The highest BCUT2D eigenvalue weighted by atomic mass is 32.1. The van der Waals surface area contributed by atoms with Crippen molar-refractivity contribution < 1.29 is 14.3 Å². The first-order valence-corrected chi connectivity index (χ1v) is 6.12. The number of ether oxygens (including phenoxy) is 2. The lowest BCUT2D eigenvalue weighted by atomic mass is 10.2. The summed E-state index contributed by atoms with van der Waals surface area (Å²) in [5.41, 5.74) is 5.99. The van der Waals surface area contributed by atoms with Crippen LogP contribution in [0.5, 0.6) is 10.8 Å². The molecule has 0 amide bonds. The molecule has 0 aliphatic rings. The number of esters is 1. The molecule has 96 valence electrons. The first kappa shape index (κ1) is 12.9. The molecule has 0 spiro atoms. The molecule has 5 nitrogen and oxygen atoms in total. The van der Waals surface area contributed by atoms with Crippen molar-refractivity contribution in [1.82, 2.24) is 0 Å². The van der Waals surface area contributed by atoms with Gasteiger partial charge in [-0.3, -0.25) is 0 Å². The number of anilines is 1. The summed E-state index contributed by atoms with van der Waals surface area (Å²) in [6.07, 6.45) is 0. The summed E-state index contributed by atoms with van der Waals surface area (Å²) >= 11 is 0.994. The van der Waals surface area contributed by atoms with Crippen molar-refractivity contribution in [3.05, 3.63) is 40.8 Å². The Hall–Kier alpha value is -2.52. The molecule has 1 aromatic heterocycles. The van der Waals surface area contributed by atoms with Crippen molar-refractivity contribution in [2.75, 3.05) is 12.8 Å². The predicted molar refractivity (Wildman–Crippen MR) is 71.3 cm³/mol. The molecule has 0 radical (unpaired) electrons. The van der Waals surface area contributed by atoms with E-state index < -0.39 is 5.97 Å². The minimum absolute atomic E-state index is 0.0882. The van der Waals surface area contributed by atoms with Crippen LogP contribution in [0.3, 0.4) is 0 Å². The van der Waals surface area contributed by atoms with Crippen LogP contribution in [0.2, 0.25) is 0 Å². The zero-order valence-electron chi connectivity index (χ0n) is 10.0. The van der Waals surface area contributed by atoms with E-state index in [9.17, 15) is 4.79 Å². The molecule has 0 fully saturated rings. The number of carbonyl (C=O) groups excluding carboxylic acids is 1. The lowest BCUT2D eigenvalue weighted by Crippen LogP contribution is -2.02. The zero-order chi connectivity index (χ0) is 13.8. The molecular formula is C13H10N2O3S. The Bertz CT molecular complexity index is 644. The zero-order valence-corrected chi connectivity index (χ0v) is 10.9. The van der Waals surface area contributed by atoms with Crippen LogP contribution >= 0.6 is 11.3 Å². The molecule has 0 unspecified atom stereocenters.